The van der Waals surface area contributed by atoms with Crippen LogP contribution in [-0.2, 0) is 4.79 Å². The van der Waals surface area contributed by atoms with Crippen molar-refractivity contribution in [1.82, 2.24) is 5.32 Å². The second kappa shape index (κ2) is 7.12. The fourth-order valence-corrected chi connectivity index (χ4v) is 1.92. The van der Waals surface area contributed by atoms with E-state index in [2.05, 4.69) is 18.5 Å². The van der Waals surface area contributed by atoms with E-state index in [4.69, 9.17) is 5.73 Å². The topological polar surface area (TPSA) is 55.1 Å². The standard InChI is InChI=1S/C11H24N2OS/c1-5-9(8-15-4)13-10(14)6-7-11(2,3)12/h9H,5-8,12H2,1-4H3,(H,13,14). The molecule has 0 bridgehead atoms. The fourth-order valence-electron chi connectivity index (χ4n) is 1.20. The monoisotopic (exact) mass is 232 g/mol. The highest BCUT2D eigenvalue weighted by Gasteiger charge is 2.15. The quantitative estimate of drug-likeness (QED) is 0.703. The summed E-state index contributed by atoms with van der Waals surface area (Å²) in [6, 6.07) is 0.299. The first kappa shape index (κ1) is 14.8. The fraction of sp³-hybridized carbons (Fsp3) is 0.909. The summed E-state index contributed by atoms with van der Waals surface area (Å²) in [4.78, 5) is 11.6. The summed E-state index contributed by atoms with van der Waals surface area (Å²) >= 11 is 1.76. The van der Waals surface area contributed by atoms with Gasteiger partial charge in [-0.05, 0) is 32.9 Å². The number of nitrogens with two attached hydrogens (primary N) is 1. The van der Waals surface area contributed by atoms with Gasteiger partial charge in [0, 0.05) is 23.8 Å². The average Bonchev–Trinajstić information content (AvgIpc) is 2.13. The summed E-state index contributed by atoms with van der Waals surface area (Å²) in [5, 5.41) is 3.02. The van der Waals surface area contributed by atoms with Gasteiger partial charge in [0.15, 0.2) is 0 Å². The van der Waals surface area contributed by atoms with Gasteiger partial charge in [0.2, 0.25) is 5.91 Å². The van der Waals surface area contributed by atoms with E-state index in [0.29, 0.717) is 12.5 Å². The molecule has 0 aliphatic heterocycles. The minimum atomic E-state index is -0.251. The summed E-state index contributed by atoms with van der Waals surface area (Å²) in [6.07, 6.45) is 4.29. The van der Waals surface area contributed by atoms with Crippen LogP contribution < -0.4 is 11.1 Å². The van der Waals surface area contributed by atoms with Crippen molar-refractivity contribution in [1.29, 1.82) is 0 Å². The molecule has 3 nitrogen and oxygen atoms in total. The van der Waals surface area contributed by atoms with E-state index in [1.54, 1.807) is 11.8 Å². The second-order valence-corrected chi connectivity index (χ2v) is 5.53. The van der Waals surface area contributed by atoms with Gasteiger partial charge in [0.25, 0.3) is 0 Å². The second-order valence-electron chi connectivity index (χ2n) is 4.62. The number of rotatable bonds is 7. The molecular weight excluding hydrogens is 208 g/mol. The maximum absolute atomic E-state index is 11.6. The molecule has 0 aromatic carbocycles. The lowest BCUT2D eigenvalue weighted by Crippen LogP contribution is -2.38. The number of carbonyl (C=O) groups excluding carboxylic acids is 1. The zero-order valence-corrected chi connectivity index (χ0v) is 11.1. The Morgan fingerprint density at radius 1 is 1.53 bits per heavy atom. The van der Waals surface area contributed by atoms with E-state index in [0.717, 1.165) is 18.6 Å². The normalized spacial score (nSPS) is 13.7. The van der Waals surface area contributed by atoms with Crippen molar-refractivity contribution < 1.29 is 4.79 Å². The van der Waals surface area contributed by atoms with E-state index >= 15 is 0 Å². The number of amides is 1. The summed E-state index contributed by atoms with van der Waals surface area (Å²) in [6.45, 7) is 5.98. The van der Waals surface area contributed by atoms with Crippen LogP contribution in [0.2, 0.25) is 0 Å². The van der Waals surface area contributed by atoms with Crippen molar-refractivity contribution >= 4 is 17.7 Å². The van der Waals surface area contributed by atoms with Crippen LogP contribution in [0.3, 0.4) is 0 Å². The summed E-state index contributed by atoms with van der Waals surface area (Å²) < 4.78 is 0. The van der Waals surface area contributed by atoms with Crippen molar-refractivity contribution in [2.24, 2.45) is 5.73 Å². The molecule has 15 heavy (non-hydrogen) atoms. The molecule has 1 unspecified atom stereocenters. The lowest BCUT2D eigenvalue weighted by Gasteiger charge is -2.20. The van der Waals surface area contributed by atoms with Crippen LogP contribution in [0.1, 0.15) is 40.0 Å². The highest BCUT2D eigenvalue weighted by atomic mass is 32.2. The zero-order chi connectivity index (χ0) is 11.9. The first-order valence-electron chi connectivity index (χ1n) is 5.46. The predicted molar refractivity (Wildman–Crippen MR) is 68.1 cm³/mol. The lowest BCUT2D eigenvalue weighted by molar-refractivity contribution is -0.122. The van der Waals surface area contributed by atoms with Crippen LogP contribution >= 0.6 is 11.8 Å². The van der Waals surface area contributed by atoms with Gasteiger partial charge >= 0.3 is 0 Å². The van der Waals surface area contributed by atoms with Gasteiger partial charge in [-0.15, -0.1) is 0 Å². The first-order chi connectivity index (χ1) is 6.89. The van der Waals surface area contributed by atoms with Gasteiger partial charge in [-0.3, -0.25) is 4.79 Å². The van der Waals surface area contributed by atoms with E-state index < -0.39 is 0 Å². The molecule has 1 atom stereocenters. The maximum Gasteiger partial charge on any atom is 0.220 e. The average molecular weight is 232 g/mol. The van der Waals surface area contributed by atoms with E-state index in [-0.39, 0.29) is 11.4 Å². The molecule has 0 aromatic rings. The van der Waals surface area contributed by atoms with Gasteiger partial charge in [-0.25, -0.2) is 0 Å². The summed E-state index contributed by atoms with van der Waals surface area (Å²) in [7, 11) is 0. The van der Waals surface area contributed by atoms with Crippen LogP contribution in [0.4, 0.5) is 0 Å². The Balaban J connectivity index is 3.81. The zero-order valence-electron chi connectivity index (χ0n) is 10.3. The van der Waals surface area contributed by atoms with Crippen LogP contribution in [0, 0.1) is 0 Å². The summed E-state index contributed by atoms with van der Waals surface area (Å²) in [5.41, 5.74) is 5.57. The highest BCUT2D eigenvalue weighted by Crippen LogP contribution is 2.07. The SMILES string of the molecule is CCC(CSC)NC(=O)CCC(C)(C)N. The largest absolute Gasteiger partial charge is 0.353 e. The molecule has 0 saturated carbocycles. The van der Waals surface area contributed by atoms with Crippen molar-refractivity contribution in [3.63, 3.8) is 0 Å². The Hall–Kier alpha value is -0.220. The van der Waals surface area contributed by atoms with Gasteiger partial charge in [0.05, 0.1) is 0 Å². The molecule has 0 aromatic heterocycles. The molecule has 0 radical (unpaired) electrons. The molecule has 1 amide bonds. The van der Waals surface area contributed by atoms with Crippen LogP contribution in [0.15, 0.2) is 0 Å². The van der Waals surface area contributed by atoms with Crippen molar-refractivity contribution in [2.75, 3.05) is 12.0 Å². The Bertz CT molecular complexity index is 190. The molecule has 4 heteroatoms. The van der Waals surface area contributed by atoms with E-state index in [1.165, 1.54) is 0 Å². The Labute approximate surface area is 97.6 Å². The third-order valence-electron chi connectivity index (χ3n) is 2.22. The number of nitrogens with one attached hydrogen (secondary N) is 1. The number of carbonyl (C=O) groups is 1. The van der Waals surface area contributed by atoms with Gasteiger partial charge < -0.3 is 11.1 Å². The molecule has 3 N–H and O–H groups in total. The molecule has 0 fully saturated rings. The van der Waals surface area contributed by atoms with Crippen LogP contribution in [-0.4, -0.2) is 29.5 Å². The van der Waals surface area contributed by atoms with Gasteiger partial charge in [0.1, 0.15) is 0 Å². The predicted octanol–water partition coefficient (Wildman–Crippen LogP) is 1.76. The van der Waals surface area contributed by atoms with Gasteiger partial charge in [-0.1, -0.05) is 6.92 Å². The van der Waals surface area contributed by atoms with Crippen molar-refractivity contribution in [3.8, 4) is 0 Å². The molecule has 90 valence electrons. The number of hydrogen-bond donors (Lipinski definition) is 2. The molecular formula is C11H24N2OS. The van der Waals surface area contributed by atoms with Crippen LogP contribution in [0.25, 0.3) is 0 Å². The molecule has 0 spiro atoms. The maximum atomic E-state index is 11.6. The molecule has 0 aliphatic carbocycles. The Morgan fingerprint density at radius 3 is 2.53 bits per heavy atom. The number of thioether (sulfide) groups is 1. The minimum absolute atomic E-state index is 0.120. The van der Waals surface area contributed by atoms with E-state index in [1.807, 2.05) is 13.8 Å². The minimum Gasteiger partial charge on any atom is -0.353 e. The van der Waals surface area contributed by atoms with Crippen LogP contribution in [0.5, 0.6) is 0 Å². The van der Waals surface area contributed by atoms with Gasteiger partial charge in [-0.2, -0.15) is 11.8 Å². The lowest BCUT2D eigenvalue weighted by atomic mass is 10.00. The number of hydrogen-bond acceptors (Lipinski definition) is 3. The summed E-state index contributed by atoms with van der Waals surface area (Å²) in [5.74, 6) is 1.10. The molecule has 0 saturated heterocycles. The highest BCUT2D eigenvalue weighted by molar-refractivity contribution is 7.98. The Kier molecular flexibility index (Phi) is 7.02. The van der Waals surface area contributed by atoms with Crippen molar-refractivity contribution in [3.05, 3.63) is 0 Å². The smallest absolute Gasteiger partial charge is 0.220 e. The Morgan fingerprint density at radius 2 is 2.13 bits per heavy atom. The first-order valence-corrected chi connectivity index (χ1v) is 6.85. The molecule has 0 aliphatic rings. The van der Waals surface area contributed by atoms with Crippen molar-refractivity contribution in [2.45, 2.75) is 51.6 Å². The molecule has 0 heterocycles. The molecule has 0 rings (SSSR count). The third-order valence-corrected chi connectivity index (χ3v) is 2.96. The third kappa shape index (κ3) is 8.75. The van der Waals surface area contributed by atoms with E-state index in [9.17, 15) is 4.79 Å².